The molecular weight excluding hydrogens is 595 g/mol. The van der Waals surface area contributed by atoms with Crippen molar-refractivity contribution in [1.29, 1.82) is 0 Å². The molecule has 226 valence electrons. The molecule has 2 aromatic heterocycles. The van der Waals surface area contributed by atoms with Gasteiger partial charge in [0.05, 0.1) is 22.2 Å². The average molecular weight is 622 g/mol. The van der Waals surface area contributed by atoms with Crippen LogP contribution in [0.2, 0.25) is 0 Å². The second-order valence-electron chi connectivity index (χ2n) is 12.9. The van der Waals surface area contributed by atoms with Crippen LogP contribution in [0.3, 0.4) is 0 Å². The van der Waals surface area contributed by atoms with Crippen molar-refractivity contribution in [3.63, 3.8) is 0 Å². The van der Waals surface area contributed by atoms with E-state index in [0.717, 1.165) is 33.2 Å². The van der Waals surface area contributed by atoms with Gasteiger partial charge in [-0.15, -0.1) is 0 Å². The molecule has 0 N–H and O–H groups in total. The number of benzene rings is 8. The van der Waals surface area contributed by atoms with E-state index in [1.54, 1.807) is 0 Å². The normalized spacial score (nSPS) is 12.1. The molecule has 3 heteroatoms. The Labute approximate surface area is 282 Å². The van der Waals surface area contributed by atoms with Gasteiger partial charge < -0.3 is 0 Å². The van der Waals surface area contributed by atoms with Gasteiger partial charge >= 0.3 is 0 Å². The molecule has 10 aromatic rings. The van der Waals surface area contributed by atoms with Crippen LogP contribution in [0.25, 0.3) is 105 Å². The quantitative estimate of drug-likeness (QED) is 0.192. The first kappa shape index (κ1) is 26.5. The summed E-state index contributed by atoms with van der Waals surface area (Å²) in [5.41, 5.74) is 12.6. The van der Waals surface area contributed by atoms with Gasteiger partial charge in [0.1, 0.15) is 0 Å². The largest absolute Gasteiger partial charge is 0.278 e. The highest BCUT2D eigenvalue weighted by Gasteiger charge is 2.26. The van der Waals surface area contributed by atoms with Crippen LogP contribution >= 0.6 is 0 Å². The SMILES string of the molecule is c1ccc2c(c1)-c1cccc3cccc(c13)-c1ccc3c(c1-2)c1ccccc1n3-c1nc(-c2ccc3ccccc3c2)c2ccccc2n1. The summed E-state index contributed by atoms with van der Waals surface area (Å²) >= 11 is 0. The lowest BCUT2D eigenvalue weighted by Crippen LogP contribution is -2.03. The lowest BCUT2D eigenvalue weighted by atomic mass is 9.90. The number of fused-ring (bicyclic) bond motifs is 11. The lowest BCUT2D eigenvalue weighted by Gasteiger charge is -2.14. The summed E-state index contributed by atoms with van der Waals surface area (Å²) in [6.07, 6.45) is 0. The Balaban J connectivity index is 1.26. The van der Waals surface area contributed by atoms with Crippen LogP contribution < -0.4 is 0 Å². The van der Waals surface area contributed by atoms with E-state index in [9.17, 15) is 0 Å². The Morgan fingerprint density at radius 1 is 0.388 bits per heavy atom. The Morgan fingerprint density at radius 3 is 1.94 bits per heavy atom. The predicted octanol–water partition coefficient (Wildman–Crippen LogP) is 12.0. The van der Waals surface area contributed by atoms with Gasteiger partial charge in [0.25, 0.3) is 0 Å². The monoisotopic (exact) mass is 621 g/mol. The smallest absolute Gasteiger partial charge is 0.235 e. The van der Waals surface area contributed by atoms with Crippen molar-refractivity contribution >= 4 is 54.3 Å². The second-order valence-corrected chi connectivity index (χ2v) is 12.9. The predicted molar refractivity (Wildman–Crippen MR) is 204 cm³/mol. The van der Waals surface area contributed by atoms with E-state index >= 15 is 0 Å². The first-order chi connectivity index (χ1) is 24.3. The fraction of sp³-hybridized carbons (Fsp3) is 0. The van der Waals surface area contributed by atoms with Gasteiger partial charge in [-0.2, -0.15) is 0 Å². The van der Waals surface area contributed by atoms with Crippen LogP contribution in [0, 0.1) is 0 Å². The van der Waals surface area contributed by atoms with Crippen molar-refractivity contribution in [1.82, 2.24) is 14.5 Å². The fourth-order valence-electron chi connectivity index (χ4n) is 8.23. The number of hydrogen-bond donors (Lipinski definition) is 0. The standard InChI is InChI=1S/C46H27N3/c1-2-12-30-27-31(24-23-28(30)11-1)45-37-17-5-7-21-39(37)47-46(48-45)49-40-22-8-6-18-38(40)44-41(49)26-25-36-35-20-10-14-29-13-9-19-33(42(29)35)32-15-3-4-16-34(32)43(36)44/h1-27H. The molecule has 11 rings (SSSR count). The second kappa shape index (κ2) is 9.96. The highest BCUT2D eigenvalue weighted by atomic mass is 15.2. The van der Waals surface area contributed by atoms with Crippen LogP contribution in [0.5, 0.6) is 0 Å². The number of rotatable bonds is 2. The van der Waals surface area contributed by atoms with E-state index in [0.29, 0.717) is 5.95 Å². The zero-order chi connectivity index (χ0) is 32.1. The van der Waals surface area contributed by atoms with Gasteiger partial charge in [0, 0.05) is 27.3 Å². The average Bonchev–Trinajstić information content (AvgIpc) is 3.45. The van der Waals surface area contributed by atoms with E-state index in [2.05, 4.69) is 168 Å². The fourth-order valence-corrected chi connectivity index (χ4v) is 8.23. The third-order valence-corrected chi connectivity index (χ3v) is 10.3. The molecule has 2 heterocycles. The number of hydrogen-bond acceptors (Lipinski definition) is 2. The summed E-state index contributed by atoms with van der Waals surface area (Å²) in [5, 5.41) is 8.41. The van der Waals surface area contributed by atoms with Crippen LogP contribution in [-0.4, -0.2) is 14.5 Å². The van der Waals surface area contributed by atoms with Gasteiger partial charge in [0.15, 0.2) is 0 Å². The summed E-state index contributed by atoms with van der Waals surface area (Å²) in [4.78, 5) is 10.7. The number of para-hydroxylation sites is 2. The minimum atomic E-state index is 0.667. The maximum absolute atomic E-state index is 5.41. The van der Waals surface area contributed by atoms with Crippen molar-refractivity contribution in [2.45, 2.75) is 0 Å². The highest BCUT2D eigenvalue weighted by molar-refractivity contribution is 6.23. The molecule has 0 amide bonds. The molecule has 3 nitrogen and oxygen atoms in total. The maximum Gasteiger partial charge on any atom is 0.235 e. The molecule has 0 unspecified atom stereocenters. The molecule has 0 spiro atoms. The van der Waals surface area contributed by atoms with Crippen molar-refractivity contribution in [2.75, 3.05) is 0 Å². The van der Waals surface area contributed by atoms with Gasteiger partial charge in [0.2, 0.25) is 5.95 Å². The molecule has 0 atom stereocenters. The zero-order valence-corrected chi connectivity index (χ0v) is 26.4. The first-order valence-corrected chi connectivity index (χ1v) is 16.8. The third-order valence-electron chi connectivity index (χ3n) is 10.3. The summed E-state index contributed by atoms with van der Waals surface area (Å²) in [6.45, 7) is 0. The first-order valence-electron chi connectivity index (χ1n) is 16.8. The number of nitrogens with zero attached hydrogens (tertiary/aromatic N) is 3. The maximum atomic E-state index is 5.41. The Hall–Kier alpha value is -6.58. The van der Waals surface area contributed by atoms with E-state index in [4.69, 9.17) is 9.97 Å². The molecule has 0 saturated carbocycles. The summed E-state index contributed by atoms with van der Waals surface area (Å²) in [6, 6.07) is 59.0. The molecular formula is C46H27N3. The van der Waals surface area contributed by atoms with Crippen molar-refractivity contribution < 1.29 is 0 Å². The molecule has 1 aliphatic rings. The Kier molecular flexibility index (Phi) is 5.38. The lowest BCUT2D eigenvalue weighted by molar-refractivity contribution is 1.01. The van der Waals surface area contributed by atoms with Crippen molar-refractivity contribution in [2.24, 2.45) is 0 Å². The molecule has 0 saturated heterocycles. The van der Waals surface area contributed by atoms with Crippen LogP contribution in [0.1, 0.15) is 0 Å². The van der Waals surface area contributed by atoms with E-state index in [-0.39, 0.29) is 0 Å². The van der Waals surface area contributed by atoms with E-state index in [1.807, 2.05) is 0 Å². The molecule has 0 bridgehead atoms. The van der Waals surface area contributed by atoms with Crippen molar-refractivity contribution in [3.05, 3.63) is 164 Å². The third kappa shape index (κ3) is 3.73. The van der Waals surface area contributed by atoms with Gasteiger partial charge in [-0.05, 0) is 73.6 Å². The molecule has 1 aliphatic carbocycles. The van der Waals surface area contributed by atoms with Gasteiger partial charge in [-0.25, -0.2) is 9.97 Å². The molecule has 8 aromatic carbocycles. The minimum Gasteiger partial charge on any atom is -0.278 e. The summed E-state index contributed by atoms with van der Waals surface area (Å²) in [5.74, 6) is 0.667. The molecule has 0 fully saturated rings. The van der Waals surface area contributed by atoms with E-state index in [1.165, 1.54) is 65.7 Å². The topological polar surface area (TPSA) is 30.7 Å². The van der Waals surface area contributed by atoms with Gasteiger partial charge in [-0.1, -0.05) is 140 Å². The van der Waals surface area contributed by atoms with E-state index < -0.39 is 0 Å². The summed E-state index contributed by atoms with van der Waals surface area (Å²) < 4.78 is 2.27. The molecule has 0 aliphatic heterocycles. The van der Waals surface area contributed by atoms with Gasteiger partial charge in [-0.3, -0.25) is 4.57 Å². The van der Waals surface area contributed by atoms with Crippen LogP contribution in [-0.2, 0) is 0 Å². The van der Waals surface area contributed by atoms with Crippen molar-refractivity contribution in [3.8, 4) is 50.6 Å². The summed E-state index contributed by atoms with van der Waals surface area (Å²) in [7, 11) is 0. The highest BCUT2D eigenvalue weighted by Crippen LogP contribution is 2.51. The molecule has 49 heavy (non-hydrogen) atoms. The van der Waals surface area contributed by atoms with Crippen LogP contribution in [0.4, 0.5) is 0 Å². The zero-order valence-electron chi connectivity index (χ0n) is 26.4. The Morgan fingerprint density at radius 2 is 1.06 bits per heavy atom. The van der Waals surface area contributed by atoms with Crippen LogP contribution in [0.15, 0.2) is 164 Å². The Bertz CT molecular complexity index is 3000. The minimum absolute atomic E-state index is 0.667. The molecule has 0 radical (unpaired) electrons. The number of aromatic nitrogens is 3.